The first-order chi connectivity index (χ1) is 14.1. The van der Waals surface area contributed by atoms with E-state index in [-0.39, 0.29) is 12.0 Å². The highest BCUT2D eigenvalue weighted by Crippen LogP contribution is 2.44. The largest absolute Gasteiger partial charge is 0.362 e. The number of piperidine rings is 1. The smallest absolute Gasteiger partial charge is 0.125 e. The van der Waals surface area contributed by atoms with E-state index in [1.807, 2.05) is 12.1 Å². The fraction of sp³-hybridized carbons (Fsp3) is 0.458. The molecule has 0 bridgehead atoms. The van der Waals surface area contributed by atoms with Crippen LogP contribution in [0.1, 0.15) is 48.8 Å². The van der Waals surface area contributed by atoms with Crippen molar-refractivity contribution in [3.63, 3.8) is 0 Å². The monoisotopic (exact) mass is 390 g/mol. The molecule has 1 saturated heterocycles. The van der Waals surface area contributed by atoms with Crippen LogP contribution in [0.4, 0.5) is 15.8 Å². The van der Waals surface area contributed by atoms with Gasteiger partial charge in [-0.25, -0.2) is 4.39 Å². The first kappa shape index (κ1) is 18.4. The summed E-state index contributed by atoms with van der Waals surface area (Å²) in [4.78, 5) is 5.03. The molecule has 3 aliphatic heterocycles. The van der Waals surface area contributed by atoms with E-state index in [1.165, 1.54) is 11.3 Å². The molecule has 5 rings (SSSR count). The third kappa shape index (κ3) is 3.36. The summed E-state index contributed by atoms with van der Waals surface area (Å²) in [6.45, 7) is 5.39. The first-order valence-corrected chi connectivity index (χ1v) is 10.7. The van der Waals surface area contributed by atoms with Crippen LogP contribution in [0.25, 0.3) is 0 Å². The Kier molecular flexibility index (Phi) is 4.67. The molecular formula is C24H27FN4. The Labute approximate surface area is 171 Å². The van der Waals surface area contributed by atoms with Crippen LogP contribution in [0.15, 0.2) is 36.4 Å². The van der Waals surface area contributed by atoms with Crippen molar-refractivity contribution in [2.75, 3.05) is 29.9 Å². The molecule has 1 fully saturated rings. The van der Waals surface area contributed by atoms with Crippen molar-refractivity contribution in [3.8, 4) is 6.07 Å². The number of rotatable bonds is 3. The lowest BCUT2D eigenvalue weighted by molar-refractivity contribution is 0.202. The summed E-state index contributed by atoms with van der Waals surface area (Å²) in [6, 6.07) is 14.1. The summed E-state index contributed by atoms with van der Waals surface area (Å²) in [6.07, 6.45) is 4.53. The van der Waals surface area contributed by atoms with Crippen LogP contribution in [0, 0.1) is 17.1 Å². The molecule has 29 heavy (non-hydrogen) atoms. The molecule has 2 atom stereocenters. The van der Waals surface area contributed by atoms with Gasteiger partial charge in [0.2, 0.25) is 0 Å². The number of hydrogen-bond donors (Lipinski definition) is 1. The van der Waals surface area contributed by atoms with Crippen molar-refractivity contribution in [1.29, 1.82) is 5.26 Å². The van der Waals surface area contributed by atoms with Gasteiger partial charge < -0.3 is 10.2 Å². The number of hydrogen-bond acceptors (Lipinski definition) is 4. The molecule has 1 N–H and O–H groups in total. The minimum atomic E-state index is -0.135. The van der Waals surface area contributed by atoms with Gasteiger partial charge in [-0.15, -0.1) is 0 Å². The van der Waals surface area contributed by atoms with E-state index in [4.69, 9.17) is 5.26 Å². The molecule has 0 amide bonds. The number of aryl methyl sites for hydroxylation is 1. The topological polar surface area (TPSA) is 42.3 Å². The molecule has 2 unspecified atom stereocenters. The number of anilines is 2. The number of nitriles is 1. The lowest BCUT2D eigenvalue weighted by Crippen LogP contribution is -2.51. The van der Waals surface area contributed by atoms with Gasteiger partial charge in [0.05, 0.1) is 23.0 Å². The molecule has 0 aromatic heterocycles. The van der Waals surface area contributed by atoms with Crippen LogP contribution in [-0.4, -0.2) is 36.7 Å². The Morgan fingerprint density at radius 1 is 1.14 bits per heavy atom. The zero-order valence-corrected chi connectivity index (χ0v) is 16.9. The average molecular weight is 391 g/mol. The SMILES string of the molecule is CC1CCc2cc(F)cc3c2N1C(CN1CCC(c2ccc(C#N)cc2)CC1)N3. The standard InChI is InChI=1S/C24H27FN4/c1-16-2-5-20-12-21(25)13-22-24(20)29(16)23(27-22)15-28-10-8-19(9-11-28)18-6-3-17(14-26)4-7-18/h3-4,6-7,12-13,16,19,23,27H,2,5,8-11,15H2,1H3. The second-order valence-electron chi connectivity index (χ2n) is 8.72. The highest BCUT2D eigenvalue weighted by molar-refractivity contribution is 5.80. The molecule has 4 nitrogen and oxygen atoms in total. The van der Waals surface area contributed by atoms with E-state index >= 15 is 0 Å². The Morgan fingerprint density at radius 2 is 1.90 bits per heavy atom. The van der Waals surface area contributed by atoms with Gasteiger partial charge in [-0.3, -0.25) is 4.90 Å². The van der Waals surface area contributed by atoms with Crippen molar-refractivity contribution < 1.29 is 4.39 Å². The van der Waals surface area contributed by atoms with E-state index in [9.17, 15) is 4.39 Å². The highest BCUT2D eigenvalue weighted by atomic mass is 19.1. The predicted octanol–water partition coefficient (Wildman–Crippen LogP) is 4.47. The van der Waals surface area contributed by atoms with Crippen LogP contribution in [-0.2, 0) is 6.42 Å². The van der Waals surface area contributed by atoms with Crippen molar-refractivity contribution in [2.24, 2.45) is 0 Å². The molecule has 0 spiro atoms. The highest BCUT2D eigenvalue weighted by Gasteiger charge is 2.38. The van der Waals surface area contributed by atoms with E-state index in [2.05, 4.69) is 40.2 Å². The molecule has 0 aliphatic carbocycles. The van der Waals surface area contributed by atoms with Crippen molar-refractivity contribution in [2.45, 2.75) is 50.7 Å². The number of nitrogens with one attached hydrogen (secondary N) is 1. The van der Waals surface area contributed by atoms with Gasteiger partial charge in [0.15, 0.2) is 0 Å². The van der Waals surface area contributed by atoms with Crippen LogP contribution in [0.2, 0.25) is 0 Å². The zero-order chi connectivity index (χ0) is 20.0. The zero-order valence-electron chi connectivity index (χ0n) is 16.9. The van der Waals surface area contributed by atoms with Gasteiger partial charge >= 0.3 is 0 Å². The maximum atomic E-state index is 14.0. The average Bonchev–Trinajstić information content (AvgIpc) is 3.10. The predicted molar refractivity (Wildman–Crippen MR) is 114 cm³/mol. The van der Waals surface area contributed by atoms with Crippen molar-refractivity contribution >= 4 is 11.4 Å². The first-order valence-electron chi connectivity index (χ1n) is 10.7. The fourth-order valence-corrected chi connectivity index (χ4v) is 5.35. The fourth-order valence-electron chi connectivity index (χ4n) is 5.35. The van der Waals surface area contributed by atoms with E-state index < -0.39 is 0 Å². The van der Waals surface area contributed by atoms with Gasteiger partial charge in [0, 0.05) is 12.6 Å². The van der Waals surface area contributed by atoms with E-state index in [0.29, 0.717) is 12.0 Å². The Balaban J connectivity index is 1.25. The van der Waals surface area contributed by atoms with Gasteiger partial charge in [0.1, 0.15) is 12.0 Å². The number of likely N-dealkylation sites (tertiary alicyclic amines) is 1. The van der Waals surface area contributed by atoms with Gasteiger partial charge in [-0.2, -0.15) is 5.26 Å². The molecule has 2 aromatic rings. The summed E-state index contributed by atoms with van der Waals surface area (Å²) >= 11 is 0. The Hall–Kier alpha value is -2.58. The molecule has 150 valence electrons. The number of nitrogens with zero attached hydrogens (tertiary/aromatic N) is 3. The van der Waals surface area contributed by atoms with E-state index in [1.54, 1.807) is 12.1 Å². The third-order valence-corrected chi connectivity index (χ3v) is 6.91. The summed E-state index contributed by atoms with van der Waals surface area (Å²) in [5.41, 5.74) is 5.41. The summed E-state index contributed by atoms with van der Waals surface area (Å²) in [7, 11) is 0. The molecular weight excluding hydrogens is 363 g/mol. The normalized spacial score (nSPS) is 24.1. The molecule has 5 heteroatoms. The molecule has 0 saturated carbocycles. The maximum absolute atomic E-state index is 14.0. The van der Waals surface area contributed by atoms with Crippen molar-refractivity contribution in [3.05, 3.63) is 58.9 Å². The maximum Gasteiger partial charge on any atom is 0.125 e. The molecule has 3 aliphatic rings. The Bertz CT molecular complexity index is 941. The lowest BCUT2D eigenvalue weighted by atomic mass is 9.89. The van der Waals surface area contributed by atoms with Crippen molar-refractivity contribution in [1.82, 2.24) is 4.90 Å². The van der Waals surface area contributed by atoms with E-state index in [0.717, 1.165) is 62.1 Å². The third-order valence-electron chi connectivity index (χ3n) is 6.91. The molecule has 2 aromatic carbocycles. The second kappa shape index (κ2) is 7.35. The molecule has 3 heterocycles. The van der Waals surface area contributed by atoms with Crippen LogP contribution >= 0.6 is 0 Å². The number of halogens is 1. The summed E-state index contributed by atoms with van der Waals surface area (Å²) in [5.74, 6) is 0.437. The Morgan fingerprint density at radius 3 is 2.62 bits per heavy atom. The quantitative estimate of drug-likeness (QED) is 0.840. The number of benzene rings is 2. The summed E-state index contributed by atoms with van der Waals surface area (Å²) < 4.78 is 14.0. The van der Waals surface area contributed by atoms with Crippen LogP contribution in [0.5, 0.6) is 0 Å². The lowest BCUT2D eigenvalue weighted by Gasteiger charge is -2.40. The second-order valence-corrected chi connectivity index (χ2v) is 8.72. The van der Waals surface area contributed by atoms with Gasteiger partial charge in [0.25, 0.3) is 0 Å². The van der Waals surface area contributed by atoms with Crippen LogP contribution < -0.4 is 10.2 Å². The summed E-state index contributed by atoms with van der Waals surface area (Å²) in [5, 5.41) is 12.6. The van der Waals surface area contributed by atoms with Gasteiger partial charge in [-0.05, 0) is 87.0 Å². The minimum Gasteiger partial charge on any atom is -0.362 e. The minimum absolute atomic E-state index is 0.135. The van der Waals surface area contributed by atoms with Crippen LogP contribution in [0.3, 0.4) is 0 Å². The van der Waals surface area contributed by atoms with Gasteiger partial charge in [-0.1, -0.05) is 12.1 Å². The molecule has 0 radical (unpaired) electrons.